The van der Waals surface area contributed by atoms with E-state index in [4.69, 9.17) is 5.53 Å². The summed E-state index contributed by atoms with van der Waals surface area (Å²) >= 11 is 0. The van der Waals surface area contributed by atoms with Gasteiger partial charge >= 0.3 is 0 Å². The summed E-state index contributed by atoms with van der Waals surface area (Å²) in [6.45, 7) is 7.72. The van der Waals surface area contributed by atoms with Crippen molar-refractivity contribution in [3.63, 3.8) is 0 Å². The minimum atomic E-state index is 0.660. The lowest BCUT2D eigenvalue weighted by Gasteiger charge is -1.91. The highest BCUT2D eigenvalue weighted by Gasteiger charge is 1.84. The fourth-order valence-electron chi connectivity index (χ4n) is 1.37. The van der Waals surface area contributed by atoms with Crippen molar-refractivity contribution in [1.29, 1.82) is 0 Å². The molecule has 96 valence electrons. The van der Waals surface area contributed by atoms with E-state index in [1.165, 1.54) is 11.1 Å². The summed E-state index contributed by atoms with van der Waals surface area (Å²) in [7, 11) is 0. The second-order valence-electron chi connectivity index (χ2n) is 4.14. The molecule has 0 N–H and O–H groups in total. The largest absolute Gasteiger partial charge is 0.0985 e. The zero-order chi connectivity index (χ0) is 14.1. The summed E-state index contributed by atoms with van der Waals surface area (Å²) in [5, 5.41) is 3.43. The summed E-state index contributed by atoms with van der Waals surface area (Å²) in [6, 6.07) is 15.7. The molecular weight excluding hydrogens is 234 g/mol. The molecule has 0 atom stereocenters. The molecule has 2 aromatic rings. The van der Waals surface area contributed by atoms with Crippen LogP contribution in [-0.4, -0.2) is 0 Å². The van der Waals surface area contributed by atoms with Crippen LogP contribution in [0.5, 0.6) is 0 Å². The number of rotatable bonds is 2. The maximum absolute atomic E-state index is 8.05. The van der Waals surface area contributed by atoms with Gasteiger partial charge in [-0.1, -0.05) is 77.4 Å². The minimum absolute atomic E-state index is 0.660. The Balaban J connectivity index is 0.000000191. The van der Waals surface area contributed by atoms with Crippen LogP contribution in [0.3, 0.4) is 0 Å². The van der Waals surface area contributed by atoms with Crippen molar-refractivity contribution >= 4 is 11.8 Å². The molecule has 0 bridgehead atoms. The van der Waals surface area contributed by atoms with Crippen molar-refractivity contribution in [2.45, 2.75) is 13.8 Å². The van der Waals surface area contributed by atoms with Crippen LogP contribution in [0.2, 0.25) is 0 Å². The summed E-state index contributed by atoms with van der Waals surface area (Å²) in [4.78, 5) is 2.66. The summed E-state index contributed by atoms with van der Waals surface area (Å²) in [6.07, 6.45) is 1.85. The summed E-state index contributed by atoms with van der Waals surface area (Å²) in [5.74, 6) is 0. The lowest BCUT2D eigenvalue weighted by molar-refractivity contribution is 1.42. The first-order valence-electron chi connectivity index (χ1n) is 5.96. The minimum Gasteiger partial charge on any atom is -0.0985 e. The highest BCUT2D eigenvalue weighted by Crippen LogP contribution is 2.11. The molecule has 0 aliphatic rings. The molecule has 0 spiro atoms. The van der Waals surface area contributed by atoms with Crippen LogP contribution in [0.15, 0.2) is 60.2 Å². The SMILES string of the molecule is C=Cc1ccc(C)cc1.Cc1ccc(N=[N+]=[N-])cc1. The molecule has 0 aliphatic heterocycles. The molecule has 0 saturated heterocycles. The second kappa shape index (κ2) is 7.75. The maximum atomic E-state index is 8.05. The third kappa shape index (κ3) is 5.57. The van der Waals surface area contributed by atoms with E-state index in [2.05, 4.69) is 47.8 Å². The van der Waals surface area contributed by atoms with E-state index in [0.29, 0.717) is 5.69 Å². The first-order valence-corrected chi connectivity index (χ1v) is 5.96. The molecular formula is C16H17N3. The Morgan fingerprint density at radius 3 is 1.84 bits per heavy atom. The first-order chi connectivity index (χ1) is 9.15. The van der Waals surface area contributed by atoms with E-state index in [9.17, 15) is 0 Å². The fraction of sp³-hybridized carbons (Fsp3) is 0.125. The van der Waals surface area contributed by atoms with Gasteiger partial charge in [-0.3, -0.25) is 0 Å². The van der Waals surface area contributed by atoms with Crippen molar-refractivity contribution in [1.82, 2.24) is 0 Å². The van der Waals surface area contributed by atoms with Crippen molar-refractivity contribution < 1.29 is 0 Å². The Bertz CT molecular complexity index is 562. The lowest BCUT2D eigenvalue weighted by atomic mass is 10.2. The molecule has 0 unspecified atom stereocenters. The van der Waals surface area contributed by atoms with E-state index in [1.54, 1.807) is 12.1 Å². The molecule has 0 amide bonds. The van der Waals surface area contributed by atoms with Gasteiger partial charge in [0.1, 0.15) is 0 Å². The molecule has 0 aromatic heterocycles. The topological polar surface area (TPSA) is 48.8 Å². The third-order valence-corrected chi connectivity index (χ3v) is 2.51. The van der Waals surface area contributed by atoms with Crippen molar-refractivity contribution in [2.75, 3.05) is 0 Å². The Morgan fingerprint density at radius 2 is 1.42 bits per heavy atom. The van der Waals surface area contributed by atoms with Crippen LogP contribution >= 0.6 is 0 Å². The van der Waals surface area contributed by atoms with Gasteiger partial charge in [-0.25, -0.2) is 0 Å². The predicted molar refractivity (Wildman–Crippen MR) is 81.3 cm³/mol. The van der Waals surface area contributed by atoms with Crippen LogP contribution in [0.1, 0.15) is 16.7 Å². The number of benzene rings is 2. The van der Waals surface area contributed by atoms with Gasteiger partial charge < -0.3 is 0 Å². The van der Waals surface area contributed by atoms with Crippen molar-refractivity contribution in [2.24, 2.45) is 5.11 Å². The van der Waals surface area contributed by atoms with Crippen LogP contribution in [0, 0.1) is 13.8 Å². The Kier molecular flexibility index (Phi) is 5.93. The van der Waals surface area contributed by atoms with Crippen LogP contribution < -0.4 is 0 Å². The van der Waals surface area contributed by atoms with E-state index in [0.717, 1.165) is 5.56 Å². The molecule has 19 heavy (non-hydrogen) atoms. The van der Waals surface area contributed by atoms with Crippen molar-refractivity contribution in [3.8, 4) is 0 Å². The molecule has 0 radical (unpaired) electrons. The van der Waals surface area contributed by atoms with E-state index in [-0.39, 0.29) is 0 Å². The summed E-state index contributed by atoms with van der Waals surface area (Å²) < 4.78 is 0. The van der Waals surface area contributed by atoms with Crippen LogP contribution in [0.4, 0.5) is 5.69 Å². The Hall–Kier alpha value is -2.51. The van der Waals surface area contributed by atoms with Gasteiger partial charge in [-0.15, -0.1) is 0 Å². The molecule has 3 heteroatoms. The molecule has 0 heterocycles. The van der Waals surface area contributed by atoms with E-state index < -0.39 is 0 Å². The second-order valence-corrected chi connectivity index (χ2v) is 4.14. The first kappa shape index (κ1) is 14.6. The molecule has 0 saturated carbocycles. The average molecular weight is 251 g/mol. The molecule has 0 fully saturated rings. The number of azide groups is 1. The van der Waals surface area contributed by atoms with Gasteiger partial charge in [0.25, 0.3) is 0 Å². The van der Waals surface area contributed by atoms with Crippen LogP contribution in [0.25, 0.3) is 16.5 Å². The van der Waals surface area contributed by atoms with Crippen molar-refractivity contribution in [3.05, 3.63) is 82.2 Å². The Labute approximate surface area is 113 Å². The number of aryl methyl sites for hydroxylation is 2. The van der Waals surface area contributed by atoms with E-state index >= 15 is 0 Å². The third-order valence-electron chi connectivity index (χ3n) is 2.51. The monoisotopic (exact) mass is 251 g/mol. The zero-order valence-electron chi connectivity index (χ0n) is 11.2. The highest BCUT2D eigenvalue weighted by molar-refractivity contribution is 5.46. The van der Waals surface area contributed by atoms with Gasteiger partial charge in [-0.05, 0) is 24.9 Å². The van der Waals surface area contributed by atoms with Gasteiger partial charge in [0.2, 0.25) is 0 Å². The maximum Gasteiger partial charge on any atom is 0.0375 e. The average Bonchev–Trinajstić information content (AvgIpc) is 2.43. The lowest BCUT2D eigenvalue weighted by Crippen LogP contribution is -1.71. The standard InChI is InChI=1S/C9H10.C7H7N3/c1-3-9-6-4-8(2)5-7-9;1-6-2-4-7(5-3-6)9-10-8/h3-7H,1H2,2H3;2-5H,1H3. The molecule has 3 nitrogen and oxygen atoms in total. The van der Waals surface area contributed by atoms with Gasteiger partial charge in [0.05, 0.1) is 0 Å². The number of hydrogen-bond donors (Lipinski definition) is 0. The molecule has 2 aromatic carbocycles. The van der Waals surface area contributed by atoms with Gasteiger partial charge in [-0.2, -0.15) is 0 Å². The fourth-order valence-corrected chi connectivity index (χ4v) is 1.37. The summed E-state index contributed by atoms with van der Waals surface area (Å²) in [5.41, 5.74) is 12.3. The van der Waals surface area contributed by atoms with E-state index in [1.807, 2.05) is 25.1 Å². The smallest absolute Gasteiger partial charge is 0.0375 e. The quantitative estimate of drug-likeness (QED) is 0.380. The predicted octanol–water partition coefficient (Wildman–Crippen LogP) is 5.57. The normalized spacial score (nSPS) is 8.74. The van der Waals surface area contributed by atoms with Crippen LogP contribution in [-0.2, 0) is 0 Å². The molecule has 0 aliphatic carbocycles. The van der Waals surface area contributed by atoms with Gasteiger partial charge in [0, 0.05) is 10.6 Å². The Morgan fingerprint density at radius 1 is 0.947 bits per heavy atom. The molecule has 2 rings (SSSR count). The van der Waals surface area contributed by atoms with Gasteiger partial charge in [0.15, 0.2) is 0 Å². The highest BCUT2D eigenvalue weighted by atomic mass is 15.1. The zero-order valence-corrected chi connectivity index (χ0v) is 11.2. The number of hydrogen-bond acceptors (Lipinski definition) is 1. The number of nitrogens with zero attached hydrogens (tertiary/aromatic N) is 3.